The first kappa shape index (κ1) is 14.1. The number of benzene rings is 1. The minimum absolute atomic E-state index is 0.126. The number of hydrogen-bond donors (Lipinski definition) is 0. The van der Waals surface area contributed by atoms with Crippen LogP contribution in [0.1, 0.15) is 23.2 Å². The Kier molecular flexibility index (Phi) is 4.64. The monoisotopic (exact) mass is 285 g/mol. The predicted octanol–water partition coefficient (Wildman–Crippen LogP) is 2.93. The number of amides is 1. The molecular weight excluding hydrogens is 269 g/mol. The predicted molar refractivity (Wildman–Crippen MR) is 72.3 cm³/mol. The van der Waals surface area contributed by atoms with Crippen LogP contribution in [0.5, 0.6) is 5.75 Å². The molecule has 1 aliphatic heterocycles. The molecule has 0 bridgehead atoms. The van der Waals surface area contributed by atoms with Gasteiger partial charge in [-0.25, -0.2) is 4.39 Å². The van der Waals surface area contributed by atoms with E-state index in [1.807, 2.05) is 0 Å². The van der Waals surface area contributed by atoms with E-state index in [9.17, 15) is 9.18 Å². The number of nitrogens with zero attached hydrogens (tertiary/aromatic N) is 1. The van der Waals surface area contributed by atoms with Crippen molar-refractivity contribution in [1.29, 1.82) is 0 Å². The van der Waals surface area contributed by atoms with Crippen molar-refractivity contribution in [1.82, 2.24) is 4.90 Å². The molecule has 1 atom stereocenters. The Morgan fingerprint density at radius 3 is 3.00 bits per heavy atom. The Morgan fingerprint density at radius 1 is 1.58 bits per heavy atom. The third kappa shape index (κ3) is 3.18. The molecule has 0 spiro atoms. The maximum absolute atomic E-state index is 13.6. The SMILES string of the molecule is COc1ccc(C(=O)N2CCC(CCCl)C2)cc1F. The summed E-state index contributed by atoms with van der Waals surface area (Å²) in [5, 5.41) is 0. The molecule has 1 unspecified atom stereocenters. The Hall–Kier alpha value is -1.29. The second-order valence-corrected chi connectivity index (χ2v) is 5.11. The van der Waals surface area contributed by atoms with Crippen molar-refractivity contribution >= 4 is 17.5 Å². The average molecular weight is 286 g/mol. The summed E-state index contributed by atoms with van der Waals surface area (Å²) in [6.45, 7) is 1.42. The molecule has 0 N–H and O–H groups in total. The fraction of sp³-hybridized carbons (Fsp3) is 0.500. The van der Waals surface area contributed by atoms with Crippen LogP contribution >= 0.6 is 11.6 Å². The minimum atomic E-state index is -0.509. The molecule has 1 fully saturated rings. The Balaban J connectivity index is 2.06. The maximum Gasteiger partial charge on any atom is 0.253 e. The van der Waals surface area contributed by atoms with Gasteiger partial charge in [0.15, 0.2) is 11.6 Å². The van der Waals surface area contributed by atoms with Gasteiger partial charge in [0.05, 0.1) is 7.11 Å². The standard InChI is InChI=1S/C14H17ClFNO2/c1-19-13-3-2-11(8-12(13)16)14(18)17-7-5-10(9-17)4-6-15/h2-3,8,10H,4-7,9H2,1H3. The molecule has 1 aromatic rings. The van der Waals surface area contributed by atoms with Crippen LogP contribution in [0, 0.1) is 11.7 Å². The molecule has 0 saturated carbocycles. The molecule has 3 nitrogen and oxygen atoms in total. The van der Waals surface area contributed by atoms with Crippen molar-refractivity contribution in [2.24, 2.45) is 5.92 Å². The molecule has 19 heavy (non-hydrogen) atoms. The highest BCUT2D eigenvalue weighted by molar-refractivity contribution is 6.17. The number of likely N-dealkylation sites (tertiary alicyclic amines) is 1. The molecular formula is C14H17ClFNO2. The number of halogens is 2. The van der Waals surface area contributed by atoms with E-state index in [0.717, 1.165) is 12.8 Å². The summed E-state index contributed by atoms with van der Waals surface area (Å²) in [4.78, 5) is 14.0. The second kappa shape index (κ2) is 6.24. The van der Waals surface area contributed by atoms with Crippen LogP contribution in [0.15, 0.2) is 18.2 Å². The van der Waals surface area contributed by atoms with Gasteiger partial charge in [0.2, 0.25) is 0 Å². The van der Waals surface area contributed by atoms with Gasteiger partial charge in [-0.05, 0) is 37.0 Å². The molecule has 104 valence electrons. The van der Waals surface area contributed by atoms with E-state index in [-0.39, 0.29) is 11.7 Å². The number of hydrogen-bond acceptors (Lipinski definition) is 2. The molecule has 1 aliphatic rings. The van der Waals surface area contributed by atoms with Crippen LogP contribution in [0.25, 0.3) is 0 Å². The lowest BCUT2D eigenvalue weighted by molar-refractivity contribution is 0.0786. The van der Waals surface area contributed by atoms with Crippen molar-refractivity contribution in [2.75, 3.05) is 26.1 Å². The number of alkyl halides is 1. The van der Waals surface area contributed by atoms with Gasteiger partial charge in [0.1, 0.15) is 0 Å². The smallest absolute Gasteiger partial charge is 0.253 e. The van der Waals surface area contributed by atoms with Crippen LogP contribution < -0.4 is 4.74 Å². The zero-order valence-electron chi connectivity index (χ0n) is 10.9. The van der Waals surface area contributed by atoms with Crippen LogP contribution in [0.3, 0.4) is 0 Å². The van der Waals surface area contributed by atoms with Crippen molar-refractivity contribution in [3.63, 3.8) is 0 Å². The number of carbonyl (C=O) groups excluding carboxylic acids is 1. The zero-order valence-corrected chi connectivity index (χ0v) is 11.6. The summed E-state index contributed by atoms with van der Waals surface area (Å²) >= 11 is 5.71. The van der Waals surface area contributed by atoms with Gasteiger partial charge in [0, 0.05) is 24.5 Å². The van der Waals surface area contributed by atoms with E-state index >= 15 is 0 Å². The molecule has 5 heteroatoms. The van der Waals surface area contributed by atoms with Gasteiger partial charge in [-0.1, -0.05) is 0 Å². The summed E-state index contributed by atoms with van der Waals surface area (Å²) in [5.74, 6) is 0.593. The Morgan fingerprint density at radius 2 is 2.37 bits per heavy atom. The lowest BCUT2D eigenvalue weighted by Gasteiger charge is -2.16. The van der Waals surface area contributed by atoms with E-state index in [0.29, 0.717) is 30.5 Å². The third-order valence-electron chi connectivity index (χ3n) is 3.49. The number of methoxy groups -OCH3 is 1. The van der Waals surface area contributed by atoms with Crippen LogP contribution in [-0.2, 0) is 0 Å². The molecule has 1 heterocycles. The lowest BCUT2D eigenvalue weighted by atomic mass is 10.1. The molecule has 0 radical (unpaired) electrons. The molecule has 1 saturated heterocycles. The van der Waals surface area contributed by atoms with Crippen molar-refractivity contribution in [3.05, 3.63) is 29.6 Å². The van der Waals surface area contributed by atoms with Gasteiger partial charge in [-0.2, -0.15) is 0 Å². The summed E-state index contributed by atoms with van der Waals surface area (Å²) in [7, 11) is 1.40. The summed E-state index contributed by atoms with van der Waals surface area (Å²) in [6, 6.07) is 4.31. The topological polar surface area (TPSA) is 29.5 Å². The highest BCUT2D eigenvalue weighted by Gasteiger charge is 2.26. The van der Waals surface area contributed by atoms with Gasteiger partial charge >= 0.3 is 0 Å². The molecule has 1 amide bonds. The highest BCUT2D eigenvalue weighted by Crippen LogP contribution is 2.23. The molecule has 2 rings (SSSR count). The van der Waals surface area contributed by atoms with E-state index in [1.54, 1.807) is 11.0 Å². The number of rotatable bonds is 4. The molecule has 1 aromatic carbocycles. The number of ether oxygens (including phenoxy) is 1. The van der Waals surface area contributed by atoms with Crippen LogP contribution in [0.2, 0.25) is 0 Å². The van der Waals surface area contributed by atoms with Crippen molar-refractivity contribution in [3.8, 4) is 5.75 Å². The first-order chi connectivity index (χ1) is 9.15. The maximum atomic E-state index is 13.6. The first-order valence-corrected chi connectivity index (χ1v) is 6.88. The van der Waals surface area contributed by atoms with Crippen molar-refractivity contribution < 1.29 is 13.9 Å². The van der Waals surface area contributed by atoms with E-state index < -0.39 is 5.82 Å². The quantitative estimate of drug-likeness (QED) is 0.796. The molecule has 0 aromatic heterocycles. The van der Waals surface area contributed by atoms with E-state index in [4.69, 9.17) is 16.3 Å². The van der Waals surface area contributed by atoms with E-state index in [1.165, 1.54) is 19.2 Å². The molecule has 0 aliphatic carbocycles. The Bertz CT molecular complexity index is 467. The number of carbonyl (C=O) groups is 1. The minimum Gasteiger partial charge on any atom is -0.494 e. The van der Waals surface area contributed by atoms with Gasteiger partial charge in [-0.3, -0.25) is 4.79 Å². The second-order valence-electron chi connectivity index (χ2n) is 4.73. The first-order valence-electron chi connectivity index (χ1n) is 6.34. The highest BCUT2D eigenvalue weighted by atomic mass is 35.5. The average Bonchev–Trinajstić information content (AvgIpc) is 2.87. The van der Waals surface area contributed by atoms with Crippen LogP contribution in [-0.4, -0.2) is 36.9 Å². The largest absolute Gasteiger partial charge is 0.494 e. The fourth-order valence-corrected chi connectivity index (χ4v) is 2.70. The Labute approximate surface area is 117 Å². The summed E-state index contributed by atoms with van der Waals surface area (Å²) in [5.41, 5.74) is 0.366. The summed E-state index contributed by atoms with van der Waals surface area (Å²) in [6.07, 6.45) is 1.89. The van der Waals surface area contributed by atoms with Gasteiger partial charge in [0.25, 0.3) is 5.91 Å². The van der Waals surface area contributed by atoms with Gasteiger partial charge < -0.3 is 9.64 Å². The lowest BCUT2D eigenvalue weighted by Crippen LogP contribution is -2.28. The van der Waals surface area contributed by atoms with Crippen molar-refractivity contribution in [2.45, 2.75) is 12.8 Å². The van der Waals surface area contributed by atoms with E-state index in [2.05, 4.69) is 0 Å². The fourth-order valence-electron chi connectivity index (χ4n) is 2.39. The van der Waals surface area contributed by atoms with Gasteiger partial charge in [-0.15, -0.1) is 11.6 Å². The van der Waals surface area contributed by atoms with Crippen LogP contribution in [0.4, 0.5) is 4.39 Å². The zero-order chi connectivity index (χ0) is 13.8. The normalized spacial score (nSPS) is 18.7. The summed E-state index contributed by atoms with van der Waals surface area (Å²) < 4.78 is 18.4. The third-order valence-corrected chi connectivity index (χ3v) is 3.71.